The third-order valence-corrected chi connectivity index (χ3v) is 2.84. The lowest BCUT2D eigenvalue weighted by atomic mass is 10.1. The first-order valence-electron chi connectivity index (χ1n) is 4.87. The molecule has 1 saturated heterocycles. The SMILES string of the molecule is NC(=O)C1(OC(=O)C2CCNC2)CC1. The molecular weight excluding hydrogens is 184 g/mol. The highest BCUT2D eigenvalue weighted by Crippen LogP contribution is 2.40. The van der Waals surface area contributed by atoms with E-state index in [0.29, 0.717) is 19.4 Å². The van der Waals surface area contributed by atoms with Crippen LogP contribution in [0.1, 0.15) is 19.3 Å². The molecule has 2 rings (SSSR count). The fourth-order valence-electron chi connectivity index (χ4n) is 1.64. The van der Waals surface area contributed by atoms with Gasteiger partial charge < -0.3 is 15.8 Å². The molecule has 0 aromatic carbocycles. The predicted octanol–water partition coefficient (Wildman–Crippen LogP) is -0.843. The average Bonchev–Trinajstić information content (AvgIpc) is 2.74. The van der Waals surface area contributed by atoms with E-state index in [0.717, 1.165) is 13.0 Å². The van der Waals surface area contributed by atoms with Crippen LogP contribution in [-0.4, -0.2) is 30.6 Å². The molecule has 1 atom stereocenters. The molecule has 0 bridgehead atoms. The lowest BCUT2D eigenvalue weighted by molar-refractivity contribution is -0.161. The van der Waals surface area contributed by atoms with Crippen LogP contribution in [0.3, 0.4) is 0 Å². The van der Waals surface area contributed by atoms with E-state index in [1.165, 1.54) is 0 Å². The minimum Gasteiger partial charge on any atom is -0.449 e. The second-order valence-electron chi connectivity index (χ2n) is 3.97. The number of primary amides is 1. The number of rotatable bonds is 3. The molecule has 0 aromatic heterocycles. The summed E-state index contributed by atoms with van der Waals surface area (Å²) in [4.78, 5) is 22.5. The highest BCUT2D eigenvalue weighted by Gasteiger charge is 2.53. The van der Waals surface area contributed by atoms with Crippen molar-refractivity contribution in [3.05, 3.63) is 0 Å². The molecule has 1 amide bonds. The number of amides is 1. The van der Waals surface area contributed by atoms with Crippen molar-refractivity contribution >= 4 is 11.9 Å². The lowest BCUT2D eigenvalue weighted by Crippen LogP contribution is -2.37. The standard InChI is InChI=1S/C9H14N2O3/c10-8(13)9(2-3-9)14-7(12)6-1-4-11-5-6/h6,11H,1-5H2,(H2,10,13). The largest absolute Gasteiger partial charge is 0.449 e. The second-order valence-corrected chi connectivity index (χ2v) is 3.97. The van der Waals surface area contributed by atoms with E-state index in [1.807, 2.05) is 0 Å². The van der Waals surface area contributed by atoms with Gasteiger partial charge in [-0.05, 0) is 13.0 Å². The van der Waals surface area contributed by atoms with Crippen LogP contribution in [0.4, 0.5) is 0 Å². The van der Waals surface area contributed by atoms with Crippen molar-refractivity contribution in [3.8, 4) is 0 Å². The number of carbonyl (C=O) groups excluding carboxylic acids is 2. The third kappa shape index (κ3) is 1.59. The van der Waals surface area contributed by atoms with Gasteiger partial charge in [0.25, 0.3) is 5.91 Å². The number of hydrogen-bond donors (Lipinski definition) is 2. The van der Waals surface area contributed by atoms with Gasteiger partial charge in [0.05, 0.1) is 5.92 Å². The lowest BCUT2D eigenvalue weighted by Gasteiger charge is -2.15. The van der Waals surface area contributed by atoms with Crippen molar-refractivity contribution in [2.45, 2.75) is 24.9 Å². The molecule has 78 valence electrons. The quantitative estimate of drug-likeness (QED) is 0.579. The maximum Gasteiger partial charge on any atom is 0.311 e. The summed E-state index contributed by atoms with van der Waals surface area (Å²) in [7, 11) is 0. The molecule has 0 aromatic rings. The summed E-state index contributed by atoms with van der Waals surface area (Å²) in [5.74, 6) is -0.907. The van der Waals surface area contributed by atoms with E-state index in [4.69, 9.17) is 10.5 Å². The number of hydrogen-bond acceptors (Lipinski definition) is 4. The number of ether oxygens (including phenoxy) is 1. The second kappa shape index (κ2) is 3.24. The molecule has 0 spiro atoms. The molecule has 2 fully saturated rings. The molecule has 1 saturated carbocycles. The van der Waals surface area contributed by atoms with Crippen LogP contribution in [0.2, 0.25) is 0 Å². The zero-order chi connectivity index (χ0) is 10.2. The summed E-state index contributed by atoms with van der Waals surface area (Å²) >= 11 is 0. The molecular formula is C9H14N2O3. The molecule has 1 heterocycles. The maximum absolute atomic E-state index is 11.5. The van der Waals surface area contributed by atoms with Crippen LogP contribution in [0.25, 0.3) is 0 Å². The summed E-state index contributed by atoms with van der Waals surface area (Å²) in [5, 5.41) is 3.07. The van der Waals surface area contributed by atoms with E-state index in [9.17, 15) is 9.59 Å². The molecule has 2 aliphatic rings. The van der Waals surface area contributed by atoms with E-state index in [2.05, 4.69) is 5.32 Å². The van der Waals surface area contributed by atoms with Gasteiger partial charge in [-0.2, -0.15) is 0 Å². The van der Waals surface area contributed by atoms with Crippen LogP contribution < -0.4 is 11.1 Å². The van der Waals surface area contributed by atoms with Crippen LogP contribution in [0.15, 0.2) is 0 Å². The van der Waals surface area contributed by atoms with E-state index < -0.39 is 11.5 Å². The Morgan fingerprint density at radius 2 is 2.14 bits per heavy atom. The Bertz CT molecular complexity index is 267. The summed E-state index contributed by atoms with van der Waals surface area (Å²) < 4.78 is 5.14. The zero-order valence-electron chi connectivity index (χ0n) is 7.91. The van der Waals surface area contributed by atoms with Crippen molar-refractivity contribution in [1.82, 2.24) is 5.32 Å². The fraction of sp³-hybridized carbons (Fsp3) is 0.778. The Morgan fingerprint density at radius 3 is 2.57 bits per heavy atom. The number of nitrogens with one attached hydrogen (secondary N) is 1. The summed E-state index contributed by atoms with van der Waals surface area (Å²) in [6.45, 7) is 1.48. The van der Waals surface area contributed by atoms with Crippen molar-refractivity contribution < 1.29 is 14.3 Å². The van der Waals surface area contributed by atoms with Gasteiger partial charge in [-0.3, -0.25) is 9.59 Å². The molecule has 0 radical (unpaired) electrons. The van der Waals surface area contributed by atoms with Crippen LogP contribution in [0, 0.1) is 5.92 Å². The first-order valence-corrected chi connectivity index (χ1v) is 4.87. The van der Waals surface area contributed by atoms with Crippen molar-refractivity contribution in [1.29, 1.82) is 0 Å². The predicted molar refractivity (Wildman–Crippen MR) is 48.2 cm³/mol. The summed E-state index contributed by atoms with van der Waals surface area (Å²) in [6.07, 6.45) is 1.94. The molecule has 3 N–H and O–H groups in total. The smallest absolute Gasteiger partial charge is 0.311 e. The van der Waals surface area contributed by atoms with Crippen LogP contribution in [0.5, 0.6) is 0 Å². The number of nitrogens with two attached hydrogens (primary N) is 1. The van der Waals surface area contributed by atoms with Gasteiger partial charge >= 0.3 is 5.97 Å². The van der Waals surface area contributed by atoms with Crippen LogP contribution >= 0.6 is 0 Å². The Labute approximate surface area is 82.0 Å². The van der Waals surface area contributed by atoms with Crippen LogP contribution in [-0.2, 0) is 14.3 Å². The van der Waals surface area contributed by atoms with Gasteiger partial charge in [-0.1, -0.05) is 0 Å². The number of carbonyl (C=O) groups is 2. The van der Waals surface area contributed by atoms with E-state index in [-0.39, 0.29) is 11.9 Å². The Kier molecular flexibility index (Phi) is 2.19. The summed E-state index contributed by atoms with van der Waals surface area (Å²) in [6, 6.07) is 0. The van der Waals surface area contributed by atoms with Gasteiger partial charge in [0.2, 0.25) is 0 Å². The molecule has 14 heavy (non-hydrogen) atoms. The maximum atomic E-state index is 11.5. The zero-order valence-corrected chi connectivity index (χ0v) is 7.91. The minimum absolute atomic E-state index is 0.105. The van der Waals surface area contributed by atoms with Gasteiger partial charge in [0.15, 0.2) is 5.60 Å². The van der Waals surface area contributed by atoms with E-state index in [1.54, 1.807) is 0 Å². The highest BCUT2D eigenvalue weighted by atomic mass is 16.6. The molecule has 5 nitrogen and oxygen atoms in total. The van der Waals surface area contributed by atoms with Gasteiger partial charge in [-0.25, -0.2) is 0 Å². The van der Waals surface area contributed by atoms with Crippen molar-refractivity contribution in [3.63, 3.8) is 0 Å². The minimum atomic E-state index is -0.959. The highest BCUT2D eigenvalue weighted by molar-refractivity contribution is 5.89. The van der Waals surface area contributed by atoms with Crippen molar-refractivity contribution in [2.75, 3.05) is 13.1 Å². The molecule has 1 aliphatic heterocycles. The normalized spacial score (nSPS) is 28.4. The third-order valence-electron chi connectivity index (χ3n) is 2.84. The van der Waals surface area contributed by atoms with Gasteiger partial charge in [0, 0.05) is 19.4 Å². The topological polar surface area (TPSA) is 81.4 Å². The first kappa shape index (κ1) is 9.45. The molecule has 1 unspecified atom stereocenters. The molecule has 1 aliphatic carbocycles. The Hall–Kier alpha value is -1.10. The van der Waals surface area contributed by atoms with Gasteiger partial charge in [0.1, 0.15) is 0 Å². The first-order chi connectivity index (χ1) is 6.64. The fourth-order valence-corrected chi connectivity index (χ4v) is 1.64. The Balaban J connectivity index is 1.91. The summed E-state index contributed by atoms with van der Waals surface area (Å²) in [5.41, 5.74) is 4.19. The Morgan fingerprint density at radius 1 is 1.43 bits per heavy atom. The van der Waals surface area contributed by atoms with E-state index >= 15 is 0 Å². The van der Waals surface area contributed by atoms with Gasteiger partial charge in [-0.15, -0.1) is 0 Å². The monoisotopic (exact) mass is 198 g/mol. The average molecular weight is 198 g/mol. The molecule has 5 heteroatoms. The van der Waals surface area contributed by atoms with Crippen molar-refractivity contribution in [2.24, 2.45) is 11.7 Å². The number of esters is 1.